The van der Waals surface area contributed by atoms with Crippen molar-refractivity contribution >= 4 is 0 Å². The second-order valence-electron chi connectivity index (χ2n) is 7.18. The van der Waals surface area contributed by atoms with Crippen molar-refractivity contribution in [2.75, 3.05) is 20.1 Å². The average molecular weight is 252 g/mol. The summed E-state index contributed by atoms with van der Waals surface area (Å²) in [6, 6.07) is 1.46. The number of nitrogens with one attached hydrogen (secondary N) is 1. The molecule has 2 fully saturated rings. The summed E-state index contributed by atoms with van der Waals surface area (Å²) in [5, 5.41) is 3.60. The van der Waals surface area contributed by atoms with E-state index in [-0.39, 0.29) is 0 Å². The Morgan fingerprint density at radius 1 is 0.944 bits per heavy atom. The van der Waals surface area contributed by atoms with Gasteiger partial charge in [0.1, 0.15) is 0 Å². The molecule has 0 bridgehead atoms. The molecule has 0 spiro atoms. The van der Waals surface area contributed by atoms with E-state index in [0.717, 1.165) is 29.7 Å². The summed E-state index contributed by atoms with van der Waals surface area (Å²) in [6.45, 7) is 12.4. The third-order valence-electron chi connectivity index (χ3n) is 5.58. The minimum atomic E-state index is 0.698. The van der Waals surface area contributed by atoms with E-state index in [1.165, 1.54) is 32.4 Å². The van der Waals surface area contributed by atoms with E-state index in [4.69, 9.17) is 0 Å². The van der Waals surface area contributed by atoms with Gasteiger partial charge in [0.2, 0.25) is 0 Å². The Morgan fingerprint density at radius 3 is 2.28 bits per heavy atom. The molecule has 6 atom stereocenters. The minimum Gasteiger partial charge on any atom is -0.315 e. The van der Waals surface area contributed by atoms with Gasteiger partial charge in [-0.25, -0.2) is 0 Å². The van der Waals surface area contributed by atoms with Gasteiger partial charge in [0.15, 0.2) is 0 Å². The third kappa shape index (κ3) is 2.91. The smallest absolute Gasteiger partial charge is 0.0275 e. The van der Waals surface area contributed by atoms with Crippen molar-refractivity contribution < 1.29 is 0 Å². The first kappa shape index (κ1) is 14.3. The second kappa shape index (κ2) is 5.92. The molecule has 2 heteroatoms. The molecule has 2 nitrogen and oxygen atoms in total. The van der Waals surface area contributed by atoms with Crippen molar-refractivity contribution in [3.05, 3.63) is 0 Å². The van der Waals surface area contributed by atoms with Crippen LogP contribution in [0.4, 0.5) is 0 Å². The molecule has 2 rings (SSSR count). The molecular weight excluding hydrogens is 220 g/mol. The van der Waals surface area contributed by atoms with Crippen LogP contribution in [0.15, 0.2) is 0 Å². The van der Waals surface area contributed by atoms with Crippen molar-refractivity contribution in [3.63, 3.8) is 0 Å². The molecule has 1 heterocycles. The molecule has 0 radical (unpaired) electrons. The number of likely N-dealkylation sites (N-methyl/N-ethyl adjacent to an activating group) is 1. The minimum absolute atomic E-state index is 0.698. The van der Waals surface area contributed by atoms with E-state index in [1.807, 2.05) is 0 Å². The Bertz CT molecular complexity index is 266. The van der Waals surface area contributed by atoms with Crippen LogP contribution in [-0.4, -0.2) is 37.1 Å². The highest BCUT2D eigenvalue weighted by Crippen LogP contribution is 2.35. The molecule has 0 amide bonds. The number of nitrogens with zero attached hydrogens (tertiary/aromatic N) is 1. The highest BCUT2D eigenvalue weighted by Gasteiger charge is 2.38. The van der Waals surface area contributed by atoms with Crippen LogP contribution in [0.25, 0.3) is 0 Å². The van der Waals surface area contributed by atoms with Crippen molar-refractivity contribution in [3.8, 4) is 0 Å². The predicted octanol–water partition coefficient (Wildman–Crippen LogP) is 2.99. The van der Waals surface area contributed by atoms with Gasteiger partial charge in [-0.3, -0.25) is 4.90 Å². The van der Waals surface area contributed by atoms with Gasteiger partial charge < -0.3 is 5.32 Å². The maximum absolute atomic E-state index is 3.60. The maximum Gasteiger partial charge on any atom is 0.0275 e. The SMILES string of the molecule is CNC1CC(C)CC(C)C1N1CCC(C)C(C)C1. The van der Waals surface area contributed by atoms with Crippen LogP contribution in [-0.2, 0) is 0 Å². The molecule has 1 aliphatic heterocycles. The molecule has 0 aromatic rings. The molecule has 2 aliphatic rings. The summed E-state index contributed by atoms with van der Waals surface area (Å²) in [4.78, 5) is 2.79. The van der Waals surface area contributed by atoms with Gasteiger partial charge in [-0.1, -0.05) is 27.7 Å². The van der Waals surface area contributed by atoms with E-state index in [0.29, 0.717) is 6.04 Å². The average Bonchev–Trinajstić information content (AvgIpc) is 2.32. The van der Waals surface area contributed by atoms with E-state index in [1.54, 1.807) is 0 Å². The van der Waals surface area contributed by atoms with Crippen LogP contribution < -0.4 is 5.32 Å². The van der Waals surface area contributed by atoms with E-state index >= 15 is 0 Å². The third-order valence-corrected chi connectivity index (χ3v) is 5.58. The largest absolute Gasteiger partial charge is 0.315 e. The monoisotopic (exact) mass is 252 g/mol. The van der Waals surface area contributed by atoms with Gasteiger partial charge in [0.25, 0.3) is 0 Å². The highest BCUT2D eigenvalue weighted by molar-refractivity contribution is 4.95. The first-order valence-electron chi connectivity index (χ1n) is 7.94. The molecule has 0 aromatic carbocycles. The first-order valence-corrected chi connectivity index (χ1v) is 7.94. The summed E-state index contributed by atoms with van der Waals surface area (Å²) in [5.41, 5.74) is 0. The fourth-order valence-corrected chi connectivity index (χ4v) is 4.31. The van der Waals surface area contributed by atoms with Gasteiger partial charge >= 0.3 is 0 Å². The van der Waals surface area contributed by atoms with Crippen LogP contribution in [0.1, 0.15) is 47.0 Å². The van der Waals surface area contributed by atoms with Gasteiger partial charge in [-0.05, 0) is 56.5 Å². The Morgan fingerprint density at radius 2 is 1.67 bits per heavy atom. The summed E-state index contributed by atoms with van der Waals surface area (Å²) in [6.07, 6.45) is 4.14. The number of piperidine rings is 1. The van der Waals surface area contributed by atoms with Crippen LogP contribution in [0.2, 0.25) is 0 Å². The Kier molecular flexibility index (Phi) is 4.71. The molecule has 1 saturated heterocycles. The molecule has 1 N–H and O–H groups in total. The molecule has 6 unspecified atom stereocenters. The first-order chi connectivity index (χ1) is 8.52. The standard InChI is InChI=1S/C16H32N2/c1-11-8-13(3)16(15(9-11)17-5)18-7-6-12(2)14(4)10-18/h11-17H,6-10H2,1-5H3. The van der Waals surface area contributed by atoms with E-state index in [2.05, 4.69) is 45.0 Å². The molecular formula is C16H32N2. The molecule has 18 heavy (non-hydrogen) atoms. The molecule has 1 saturated carbocycles. The van der Waals surface area contributed by atoms with Gasteiger partial charge in [-0.15, -0.1) is 0 Å². The molecule has 1 aliphatic carbocycles. The van der Waals surface area contributed by atoms with Gasteiger partial charge in [0.05, 0.1) is 0 Å². The number of hydrogen-bond donors (Lipinski definition) is 1. The second-order valence-corrected chi connectivity index (χ2v) is 7.18. The fraction of sp³-hybridized carbons (Fsp3) is 1.00. The predicted molar refractivity (Wildman–Crippen MR) is 78.7 cm³/mol. The lowest BCUT2D eigenvalue weighted by Crippen LogP contribution is -2.58. The van der Waals surface area contributed by atoms with Gasteiger partial charge in [0, 0.05) is 18.6 Å². The maximum atomic E-state index is 3.60. The summed E-state index contributed by atoms with van der Waals surface area (Å²) < 4.78 is 0. The van der Waals surface area contributed by atoms with Gasteiger partial charge in [-0.2, -0.15) is 0 Å². The zero-order valence-corrected chi connectivity index (χ0v) is 12.9. The quantitative estimate of drug-likeness (QED) is 0.813. The van der Waals surface area contributed by atoms with E-state index in [9.17, 15) is 0 Å². The highest BCUT2D eigenvalue weighted by atomic mass is 15.2. The number of likely N-dealkylation sites (tertiary alicyclic amines) is 1. The normalized spacial score (nSPS) is 47.2. The van der Waals surface area contributed by atoms with Crippen LogP contribution in [0, 0.1) is 23.7 Å². The summed E-state index contributed by atoms with van der Waals surface area (Å²) in [7, 11) is 2.15. The molecule has 0 aromatic heterocycles. The van der Waals surface area contributed by atoms with Crippen LogP contribution >= 0.6 is 0 Å². The Hall–Kier alpha value is -0.0800. The summed E-state index contributed by atoms with van der Waals surface area (Å²) in [5.74, 6) is 3.50. The zero-order valence-electron chi connectivity index (χ0n) is 12.9. The Labute approximate surface area is 114 Å². The fourth-order valence-electron chi connectivity index (χ4n) is 4.31. The topological polar surface area (TPSA) is 15.3 Å². The lowest BCUT2D eigenvalue weighted by Gasteiger charge is -2.49. The lowest BCUT2D eigenvalue weighted by atomic mass is 9.74. The molecule has 106 valence electrons. The summed E-state index contributed by atoms with van der Waals surface area (Å²) >= 11 is 0. The van der Waals surface area contributed by atoms with Crippen LogP contribution in [0.3, 0.4) is 0 Å². The van der Waals surface area contributed by atoms with E-state index < -0.39 is 0 Å². The van der Waals surface area contributed by atoms with Crippen LogP contribution in [0.5, 0.6) is 0 Å². The number of rotatable bonds is 2. The van der Waals surface area contributed by atoms with Crippen molar-refractivity contribution in [1.29, 1.82) is 0 Å². The number of hydrogen-bond acceptors (Lipinski definition) is 2. The van der Waals surface area contributed by atoms with Crippen molar-refractivity contribution in [2.45, 2.75) is 59.0 Å². The van der Waals surface area contributed by atoms with Crippen molar-refractivity contribution in [2.24, 2.45) is 23.7 Å². The lowest BCUT2D eigenvalue weighted by molar-refractivity contribution is 0.0210. The van der Waals surface area contributed by atoms with Crippen molar-refractivity contribution in [1.82, 2.24) is 10.2 Å². The Balaban J connectivity index is 2.05. The zero-order chi connectivity index (χ0) is 13.3.